The molecule has 1 aromatic heterocycles. The van der Waals surface area contributed by atoms with Gasteiger partial charge in [-0.1, -0.05) is 42.5 Å². The van der Waals surface area contributed by atoms with E-state index in [1.165, 1.54) is 11.3 Å². The summed E-state index contributed by atoms with van der Waals surface area (Å²) in [5.41, 5.74) is 0.995. The van der Waals surface area contributed by atoms with Gasteiger partial charge in [-0.2, -0.15) is 0 Å². The van der Waals surface area contributed by atoms with Gasteiger partial charge in [0.25, 0.3) is 0 Å². The monoisotopic (exact) mass is 479 g/mol. The fourth-order valence-corrected chi connectivity index (χ4v) is 5.08. The summed E-state index contributed by atoms with van der Waals surface area (Å²) in [6.07, 6.45) is 0.940. The average molecular weight is 480 g/mol. The fraction of sp³-hybridized carbons (Fsp3) is 0.385. The number of nitrogens with zero attached hydrogens (tertiary/aromatic N) is 2. The number of benzene rings is 2. The van der Waals surface area contributed by atoms with E-state index in [0.29, 0.717) is 24.4 Å². The van der Waals surface area contributed by atoms with Gasteiger partial charge in [0.1, 0.15) is 11.6 Å². The second kappa shape index (κ2) is 9.93. The molecule has 0 unspecified atom stereocenters. The number of ether oxygens (including phenoxy) is 1. The van der Waals surface area contributed by atoms with Crippen LogP contribution < -0.4 is 5.32 Å². The van der Waals surface area contributed by atoms with Crippen molar-refractivity contribution >= 4 is 39.3 Å². The van der Waals surface area contributed by atoms with E-state index in [2.05, 4.69) is 10.3 Å². The van der Waals surface area contributed by atoms with Crippen molar-refractivity contribution in [2.45, 2.75) is 57.7 Å². The Labute approximate surface area is 203 Å². The van der Waals surface area contributed by atoms with Crippen LogP contribution in [-0.2, 0) is 16.0 Å². The first-order valence-corrected chi connectivity index (χ1v) is 12.3. The first-order valence-electron chi connectivity index (χ1n) is 11.4. The Morgan fingerprint density at radius 3 is 2.53 bits per heavy atom. The molecular weight excluding hydrogens is 450 g/mol. The zero-order chi connectivity index (χ0) is 24.3. The van der Waals surface area contributed by atoms with Crippen LogP contribution in [0.2, 0.25) is 0 Å². The number of ketones is 1. The molecule has 2 amide bonds. The van der Waals surface area contributed by atoms with E-state index in [1.54, 1.807) is 25.7 Å². The molecule has 178 valence electrons. The van der Waals surface area contributed by atoms with E-state index < -0.39 is 23.8 Å². The second-order valence-electron chi connectivity index (χ2n) is 9.43. The van der Waals surface area contributed by atoms with Gasteiger partial charge in [0.2, 0.25) is 11.7 Å². The van der Waals surface area contributed by atoms with Gasteiger partial charge in [-0.05, 0) is 51.3 Å². The van der Waals surface area contributed by atoms with Crippen LogP contribution in [0.15, 0.2) is 54.6 Å². The molecule has 1 N–H and O–H groups in total. The molecule has 4 rings (SSSR count). The number of thiazole rings is 1. The van der Waals surface area contributed by atoms with Gasteiger partial charge in [-0.3, -0.25) is 9.59 Å². The number of alkyl carbamates (subject to hydrolysis) is 1. The van der Waals surface area contributed by atoms with Crippen molar-refractivity contribution in [3.05, 3.63) is 65.2 Å². The SMILES string of the molecule is CC(C)(C)OC(=O)N[C@@H](Cc1ccccc1)C(=O)N1CCC[C@H]1C(=O)c1nc2ccccc2s1. The molecule has 0 bridgehead atoms. The number of fused-ring (bicyclic) bond motifs is 1. The molecule has 34 heavy (non-hydrogen) atoms. The quantitative estimate of drug-likeness (QED) is 0.522. The summed E-state index contributed by atoms with van der Waals surface area (Å²) >= 11 is 1.35. The normalized spacial score (nSPS) is 16.9. The number of hydrogen-bond donors (Lipinski definition) is 1. The smallest absolute Gasteiger partial charge is 0.408 e. The molecule has 0 spiro atoms. The maximum atomic E-state index is 13.7. The molecule has 2 aromatic carbocycles. The highest BCUT2D eigenvalue weighted by Crippen LogP contribution is 2.28. The minimum Gasteiger partial charge on any atom is -0.444 e. The number of carbonyl (C=O) groups excluding carboxylic acids is 3. The number of nitrogens with one attached hydrogen (secondary N) is 1. The first-order chi connectivity index (χ1) is 16.2. The Hall–Kier alpha value is -3.26. The lowest BCUT2D eigenvalue weighted by atomic mass is 10.0. The number of rotatable bonds is 6. The van der Waals surface area contributed by atoms with Gasteiger partial charge in [-0.25, -0.2) is 9.78 Å². The lowest BCUT2D eigenvalue weighted by molar-refractivity contribution is -0.133. The Kier molecular flexibility index (Phi) is 6.97. The molecule has 1 saturated heterocycles. The van der Waals surface area contributed by atoms with E-state index >= 15 is 0 Å². The van der Waals surface area contributed by atoms with Gasteiger partial charge in [-0.15, -0.1) is 11.3 Å². The van der Waals surface area contributed by atoms with Crippen molar-refractivity contribution in [3.63, 3.8) is 0 Å². The fourth-order valence-electron chi connectivity index (χ4n) is 4.12. The summed E-state index contributed by atoms with van der Waals surface area (Å²) in [6.45, 7) is 5.77. The zero-order valence-electron chi connectivity index (χ0n) is 19.6. The molecule has 1 aliphatic rings. The minimum atomic E-state index is -0.846. The molecule has 2 heterocycles. The minimum absolute atomic E-state index is 0.150. The van der Waals surface area contributed by atoms with Gasteiger partial charge >= 0.3 is 6.09 Å². The summed E-state index contributed by atoms with van der Waals surface area (Å²) in [5.74, 6) is -0.436. The molecule has 8 heteroatoms. The molecule has 2 atom stereocenters. The highest BCUT2D eigenvalue weighted by atomic mass is 32.1. The van der Waals surface area contributed by atoms with Crippen LogP contribution in [-0.4, -0.2) is 51.9 Å². The molecule has 1 aliphatic heterocycles. The van der Waals surface area contributed by atoms with Gasteiger partial charge < -0.3 is 15.0 Å². The molecule has 3 aromatic rings. The number of para-hydroxylation sites is 1. The average Bonchev–Trinajstić information content (AvgIpc) is 3.44. The van der Waals surface area contributed by atoms with Crippen LogP contribution in [0.4, 0.5) is 4.79 Å². The summed E-state index contributed by atoms with van der Waals surface area (Å²) in [4.78, 5) is 45.6. The van der Waals surface area contributed by atoms with Gasteiger partial charge in [0, 0.05) is 13.0 Å². The second-order valence-corrected chi connectivity index (χ2v) is 10.5. The number of amides is 2. The van der Waals surface area contributed by atoms with E-state index in [9.17, 15) is 14.4 Å². The van der Waals surface area contributed by atoms with E-state index in [4.69, 9.17) is 4.74 Å². The standard InChI is InChI=1S/C26H29N3O4S/c1-26(2,3)33-25(32)28-19(16-17-10-5-4-6-11-17)24(31)29-15-9-13-20(29)22(30)23-27-18-12-7-8-14-21(18)34-23/h4-8,10-12,14,19-20H,9,13,15-16H2,1-3H3,(H,28,32)/t19-,20-/m0/s1. The summed E-state index contributed by atoms with van der Waals surface area (Å²) < 4.78 is 6.34. The van der Waals surface area contributed by atoms with Crippen molar-refractivity contribution in [1.29, 1.82) is 0 Å². The van der Waals surface area contributed by atoms with Gasteiger partial charge in [0.15, 0.2) is 5.01 Å². The molecule has 0 aliphatic carbocycles. The summed E-state index contributed by atoms with van der Waals surface area (Å²) in [5, 5.41) is 3.15. The van der Waals surface area contributed by atoms with Crippen molar-refractivity contribution in [2.75, 3.05) is 6.54 Å². The van der Waals surface area contributed by atoms with Crippen molar-refractivity contribution in [3.8, 4) is 0 Å². The Balaban J connectivity index is 1.55. The Bertz CT molecular complexity index is 1150. The largest absolute Gasteiger partial charge is 0.444 e. The Morgan fingerprint density at radius 1 is 1.12 bits per heavy atom. The maximum Gasteiger partial charge on any atom is 0.408 e. The molecule has 0 saturated carbocycles. The van der Waals surface area contributed by atoms with E-state index in [1.807, 2.05) is 54.6 Å². The van der Waals surface area contributed by atoms with E-state index in [-0.39, 0.29) is 11.7 Å². The third-order valence-electron chi connectivity index (χ3n) is 5.61. The highest BCUT2D eigenvalue weighted by molar-refractivity contribution is 7.20. The lowest BCUT2D eigenvalue weighted by Gasteiger charge is -2.29. The third kappa shape index (κ3) is 5.62. The lowest BCUT2D eigenvalue weighted by Crippen LogP contribution is -2.53. The summed E-state index contributed by atoms with van der Waals surface area (Å²) in [6, 6.07) is 15.7. The van der Waals surface area contributed by atoms with Crippen LogP contribution in [0.1, 0.15) is 49.0 Å². The first kappa shape index (κ1) is 23.9. The van der Waals surface area contributed by atoms with Crippen LogP contribution in [0.25, 0.3) is 10.2 Å². The molecular formula is C26H29N3O4S. The maximum absolute atomic E-state index is 13.7. The number of carbonyl (C=O) groups is 3. The molecule has 7 nitrogen and oxygen atoms in total. The number of aromatic nitrogens is 1. The predicted molar refractivity (Wildman–Crippen MR) is 132 cm³/mol. The van der Waals surface area contributed by atoms with Crippen molar-refractivity contribution < 1.29 is 19.1 Å². The number of hydrogen-bond acceptors (Lipinski definition) is 6. The van der Waals surface area contributed by atoms with E-state index in [0.717, 1.165) is 22.2 Å². The van der Waals surface area contributed by atoms with Crippen LogP contribution in [0, 0.1) is 0 Å². The number of likely N-dealkylation sites (tertiary alicyclic amines) is 1. The molecule has 0 radical (unpaired) electrons. The van der Waals surface area contributed by atoms with Crippen LogP contribution >= 0.6 is 11.3 Å². The van der Waals surface area contributed by atoms with Crippen LogP contribution in [0.3, 0.4) is 0 Å². The predicted octanol–water partition coefficient (Wildman–Crippen LogP) is 4.61. The van der Waals surface area contributed by atoms with Crippen molar-refractivity contribution in [2.24, 2.45) is 0 Å². The number of Topliss-reactive ketones (excluding diaryl/α,β-unsaturated/α-hetero) is 1. The summed E-state index contributed by atoms with van der Waals surface area (Å²) in [7, 11) is 0. The highest BCUT2D eigenvalue weighted by Gasteiger charge is 2.39. The zero-order valence-corrected chi connectivity index (χ0v) is 20.4. The third-order valence-corrected chi connectivity index (χ3v) is 6.67. The van der Waals surface area contributed by atoms with Gasteiger partial charge in [0.05, 0.1) is 16.3 Å². The Morgan fingerprint density at radius 2 is 1.82 bits per heavy atom. The van der Waals surface area contributed by atoms with Crippen molar-refractivity contribution in [1.82, 2.24) is 15.2 Å². The topological polar surface area (TPSA) is 88.6 Å². The van der Waals surface area contributed by atoms with Crippen LogP contribution in [0.5, 0.6) is 0 Å². The molecule has 1 fully saturated rings.